The van der Waals surface area contributed by atoms with Gasteiger partial charge in [0.15, 0.2) is 11.6 Å². The SMILES string of the molecule is COc1ccc(C(OCCCNc2cccc3c2C(=O)c2cccc(NCCCOP(OC(C)C#N)N(C(C)C)C(C)C)c2C3=O)(c2ccccc2)c2ccc(OC)cc2)cc1. The third-order valence-corrected chi connectivity index (χ3v) is 12.9. The van der Waals surface area contributed by atoms with Gasteiger partial charge < -0.3 is 33.9 Å². The largest absolute Gasteiger partial charge is 0.497 e. The molecule has 0 radical (unpaired) electrons. The molecule has 5 aromatic rings. The van der Waals surface area contributed by atoms with Gasteiger partial charge in [-0.25, -0.2) is 4.67 Å². The van der Waals surface area contributed by atoms with Gasteiger partial charge in [0.1, 0.15) is 23.2 Å². The van der Waals surface area contributed by atoms with Crippen LogP contribution in [0, 0.1) is 11.3 Å². The van der Waals surface area contributed by atoms with Crippen LogP contribution in [0.25, 0.3) is 0 Å². The van der Waals surface area contributed by atoms with Gasteiger partial charge in [0.25, 0.3) is 8.53 Å². The molecular formula is C50H57N4O7P. The van der Waals surface area contributed by atoms with E-state index in [9.17, 15) is 14.9 Å². The lowest BCUT2D eigenvalue weighted by atomic mass is 9.80. The Morgan fingerprint density at radius 3 is 1.55 bits per heavy atom. The molecule has 0 aliphatic heterocycles. The number of nitriles is 1. The maximum atomic E-state index is 14.2. The second-order valence-electron chi connectivity index (χ2n) is 15.5. The van der Waals surface area contributed by atoms with Crippen LogP contribution in [-0.4, -0.2) is 74.9 Å². The van der Waals surface area contributed by atoms with Crippen molar-refractivity contribution in [2.24, 2.45) is 0 Å². The number of rotatable bonds is 22. The number of ether oxygens (including phenoxy) is 3. The molecule has 0 spiro atoms. The average Bonchev–Trinajstić information content (AvgIpc) is 3.29. The van der Waals surface area contributed by atoms with Crippen molar-refractivity contribution >= 4 is 31.5 Å². The minimum absolute atomic E-state index is 0.166. The maximum absolute atomic E-state index is 14.2. The summed E-state index contributed by atoms with van der Waals surface area (Å²) in [5.41, 5.74) is 4.55. The lowest BCUT2D eigenvalue weighted by Gasteiger charge is -2.36. The number of fused-ring (bicyclic) bond motifs is 2. The Morgan fingerprint density at radius 2 is 1.10 bits per heavy atom. The summed E-state index contributed by atoms with van der Waals surface area (Å²) in [7, 11) is 1.84. The predicted octanol–water partition coefficient (Wildman–Crippen LogP) is 10.4. The standard InChI is InChI=1S/C50H57N4O7P/c1-34(2)54(35(3)4)62(61-36(5)33-51)60-32-14-30-53-45-20-12-18-43-47(45)49(56)42-17-11-19-44(46(42)48(43)55)52-29-13-31-59-50(37-15-9-8-10-16-37,38-21-25-40(57-6)26-22-38)39-23-27-41(58-7)28-24-39/h8-12,15-28,34-36,52-53H,13-14,29-32H2,1-7H3. The van der Waals surface area contributed by atoms with Crippen molar-refractivity contribution in [3.05, 3.63) is 154 Å². The quantitative estimate of drug-likeness (QED) is 0.0384. The van der Waals surface area contributed by atoms with Crippen LogP contribution in [0.5, 0.6) is 11.5 Å². The molecule has 12 heteroatoms. The van der Waals surface area contributed by atoms with Crippen LogP contribution in [0.1, 0.15) is 96.0 Å². The third kappa shape index (κ3) is 10.2. The highest BCUT2D eigenvalue weighted by Crippen LogP contribution is 2.47. The van der Waals surface area contributed by atoms with Gasteiger partial charge in [0.05, 0.1) is 44.6 Å². The first kappa shape index (κ1) is 45.9. The number of ketones is 2. The number of hydrogen-bond donors (Lipinski definition) is 2. The first-order chi connectivity index (χ1) is 30.0. The van der Waals surface area contributed by atoms with Crippen molar-refractivity contribution in [2.75, 3.05) is 51.2 Å². The first-order valence-corrected chi connectivity index (χ1v) is 22.3. The van der Waals surface area contributed by atoms with Crippen LogP contribution in [-0.2, 0) is 19.4 Å². The Kier molecular flexibility index (Phi) is 15.9. The molecule has 5 aromatic carbocycles. The molecule has 0 amide bonds. The summed E-state index contributed by atoms with van der Waals surface area (Å²) in [5, 5.41) is 16.2. The number of carbonyl (C=O) groups excluding carboxylic acids is 2. The zero-order valence-corrected chi connectivity index (χ0v) is 37.5. The van der Waals surface area contributed by atoms with Gasteiger partial charge in [-0.2, -0.15) is 5.26 Å². The summed E-state index contributed by atoms with van der Waals surface area (Å²) in [6.07, 6.45) is 0.604. The second kappa shape index (κ2) is 21.5. The zero-order valence-electron chi connectivity index (χ0n) is 36.6. The van der Waals surface area contributed by atoms with E-state index in [2.05, 4.69) is 61.2 Å². The Morgan fingerprint density at radius 1 is 0.629 bits per heavy atom. The van der Waals surface area contributed by atoms with Crippen LogP contribution in [0.3, 0.4) is 0 Å². The van der Waals surface area contributed by atoms with E-state index < -0.39 is 20.2 Å². The Bertz CT molecular complexity index is 2260. The molecule has 1 aliphatic carbocycles. The number of methoxy groups -OCH3 is 2. The van der Waals surface area contributed by atoms with Gasteiger partial charge in [-0.3, -0.25) is 9.59 Å². The van der Waals surface area contributed by atoms with Gasteiger partial charge in [-0.1, -0.05) is 78.9 Å². The van der Waals surface area contributed by atoms with Gasteiger partial charge >= 0.3 is 0 Å². The van der Waals surface area contributed by atoms with Gasteiger partial charge in [-0.05, 0) is 101 Å². The highest BCUT2D eigenvalue weighted by atomic mass is 31.2. The fourth-order valence-electron chi connectivity index (χ4n) is 7.85. The number of carbonyl (C=O) groups is 2. The van der Waals surface area contributed by atoms with Crippen molar-refractivity contribution in [2.45, 2.75) is 71.2 Å². The molecule has 0 saturated carbocycles. The number of nitrogens with one attached hydrogen (secondary N) is 2. The summed E-state index contributed by atoms with van der Waals surface area (Å²) in [4.78, 5) is 28.4. The summed E-state index contributed by atoms with van der Waals surface area (Å²) in [6.45, 7) is 11.8. The molecule has 0 heterocycles. The van der Waals surface area contributed by atoms with Crippen molar-refractivity contribution in [3.63, 3.8) is 0 Å². The van der Waals surface area contributed by atoms with E-state index in [1.165, 1.54) is 0 Å². The van der Waals surface area contributed by atoms with Crippen LogP contribution in [0.15, 0.2) is 115 Å². The van der Waals surface area contributed by atoms with Crippen molar-refractivity contribution in [1.82, 2.24) is 4.67 Å². The zero-order chi connectivity index (χ0) is 44.2. The molecule has 0 saturated heterocycles. The molecule has 0 fully saturated rings. The molecule has 0 aromatic heterocycles. The molecule has 11 nitrogen and oxygen atoms in total. The molecule has 62 heavy (non-hydrogen) atoms. The van der Waals surface area contributed by atoms with Crippen molar-refractivity contribution in [1.29, 1.82) is 5.26 Å². The van der Waals surface area contributed by atoms with E-state index in [0.29, 0.717) is 72.8 Å². The fourth-order valence-corrected chi connectivity index (χ4v) is 9.51. The van der Waals surface area contributed by atoms with Gasteiger partial charge in [0, 0.05) is 47.7 Å². The number of benzene rings is 5. The lowest BCUT2D eigenvalue weighted by Crippen LogP contribution is -2.34. The monoisotopic (exact) mass is 856 g/mol. The molecule has 6 rings (SSSR count). The molecule has 1 aliphatic rings. The molecule has 2 N–H and O–H groups in total. The van der Waals surface area contributed by atoms with E-state index in [4.69, 9.17) is 23.3 Å². The minimum Gasteiger partial charge on any atom is -0.497 e. The van der Waals surface area contributed by atoms with Crippen LogP contribution < -0.4 is 20.1 Å². The van der Waals surface area contributed by atoms with Crippen LogP contribution >= 0.6 is 8.53 Å². The van der Waals surface area contributed by atoms with E-state index in [1.54, 1.807) is 45.4 Å². The summed E-state index contributed by atoms with van der Waals surface area (Å²) in [6, 6.07) is 39.2. The summed E-state index contributed by atoms with van der Waals surface area (Å²) >= 11 is 0. The lowest BCUT2D eigenvalue weighted by molar-refractivity contribution is 0.0127. The highest BCUT2D eigenvalue weighted by Gasteiger charge is 2.38. The summed E-state index contributed by atoms with van der Waals surface area (Å²) < 4.78 is 32.3. The molecule has 2 unspecified atom stereocenters. The van der Waals surface area contributed by atoms with E-state index >= 15 is 0 Å². The number of hydrogen-bond acceptors (Lipinski definition) is 11. The minimum atomic E-state index is -1.45. The van der Waals surface area contributed by atoms with Crippen LogP contribution in [0.4, 0.5) is 11.4 Å². The Balaban J connectivity index is 1.14. The van der Waals surface area contributed by atoms with E-state index in [0.717, 1.165) is 28.2 Å². The van der Waals surface area contributed by atoms with Crippen molar-refractivity contribution < 1.29 is 32.8 Å². The fraction of sp³-hybridized carbons (Fsp3) is 0.340. The second-order valence-corrected chi connectivity index (χ2v) is 16.9. The smallest absolute Gasteiger partial charge is 0.260 e. The predicted molar refractivity (Wildman–Crippen MR) is 245 cm³/mol. The van der Waals surface area contributed by atoms with Gasteiger partial charge in [-0.15, -0.1) is 0 Å². The van der Waals surface area contributed by atoms with Gasteiger partial charge in [0.2, 0.25) is 0 Å². The third-order valence-electron chi connectivity index (χ3n) is 10.7. The number of anilines is 2. The molecule has 0 bridgehead atoms. The molecule has 2 atom stereocenters. The normalized spacial score (nSPS) is 13.4. The Labute approximate surface area is 367 Å². The van der Waals surface area contributed by atoms with Crippen molar-refractivity contribution in [3.8, 4) is 17.6 Å². The number of nitrogens with zero attached hydrogens (tertiary/aromatic N) is 2. The highest BCUT2D eigenvalue weighted by molar-refractivity contribution is 7.44. The van der Waals surface area contributed by atoms with E-state index in [-0.39, 0.29) is 23.7 Å². The average molecular weight is 857 g/mol. The Hall–Kier alpha value is -5.60. The van der Waals surface area contributed by atoms with Crippen LogP contribution in [0.2, 0.25) is 0 Å². The summed E-state index contributed by atoms with van der Waals surface area (Å²) in [5.74, 6) is 1.07. The maximum Gasteiger partial charge on any atom is 0.260 e. The molecular weight excluding hydrogens is 800 g/mol. The first-order valence-electron chi connectivity index (χ1n) is 21.1. The molecule has 324 valence electrons. The topological polar surface area (TPSA) is 131 Å². The van der Waals surface area contributed by atoms with E-state index in [1.807, 2.05) is 78.9 Å².